The van der Waals surface area contributed by atoms with Gasteiger partial charge in [0.15, 0.2) is 0 Å². The average molecular weight is 257 g/mol. The smallest absolute Gasteiger partial charge is 0.110 e. The molecule has 0 spiro atoms. The number of likely N-dealkylation sites (N-methyl/N-ethyl adjacent to an activating group) is 1. The van der Waals surface area contributed by atoms with E-state index >= 15 is 0 Å². The summed E-state index contributed by atoms with van der Waals surface area (Å²) in [4.78, 5) is 6.58. The standard InChI is InChI=1S/C10H13BrN2O/c1-13(2)10(6-14-7-10)9-5-8(11)3-4-12-9/h3-5H,6-7H2,1-2H3. The van der Waals surface area contributed by atoms with E-state index in [-0.39, 0.29) is 5.54 Å². The van der Waals surface area contributed by atoms with Crippen LogP contribution in [-0.2, 0) is 10.3 Å². The maximum atomic E-state index is 5.30. The van der Waals surface area contributed by atoms with Gasteiger partial charge in [0.25, 0.3) is 0 Å². The molecule has 0 radical (unpaired) electrons. The minimum atomic E-state index is -0.0240. The molecule has 2 heterocycles. The van der Waals surface area contributed by atoms with Gasteiger partial charge in [-0.3, -0.25) is 9.88 Å². The molecular weight excluding hydrogens is 244 g/mol. The van der Waals surface area contributed by atoms with Crippen LogP contribution in [0.1, 0.15) is 5.69 Å². The first-order valence-corrected chi connectivity index (χ1v) is 5.32. The monoisotopic (exact) mass is 256 g/mol. The van der Waals surface area contributed by atoms with Crippen molar-refractivity contribution in [2.45, 2.75) is 5.54 Å². The van der Waals surface area contributed by atoms with Gasteiger partial charge in [-0.2, -0.15) is 0 Å². The molecule has 1 aliphatic rings. The van der Waals surface area contributed by atoms with E-state index in [1.807, 2.05) is 12.3 Å². The molecule has 0 unspecified atom stereocenters. The SMILES string of the molecule is CN(C)C1(c2cc(Br)ccn2)COC1. The van der Waals surface area contributed by atoms with E-state index in [4.69, 9.17) is 4.74 Å². The number of ether oxygens (including phenoxy) is 1. The second kappa shape index (κ2) is 3.61. The lowest BCUT2D eigenvalue weighted by Crippen LogP contribution is -2.57. The van der Waals surface area contributed by atoms with Crippen LogP contribution in [0.3, 0.4) is 0 Å². The molecular formula is C10H13BrN2O. The van der Waals surface area contributed by atoms with Gasteiger partial charge in [0.2, 0.25) is 0 Å². The largest absolute Gasteiger partial charge is 0.377 e. The third-order valence-corrected chi connectivity index (χ3v) is 3.23. The highest BCUT2D eigenvalue weighted by Crippen LogP contribution is 2.33. The normalized spacial score (nSPS) is 19.4. The Labute approximate surface area is 92.2 Å². The summed E-state index contributed by atoms with van der Waals surface area (Å²) in [5, 5.41) is 0. The third-order valence-electron chi connectivity index (χ3n) is 2.74. The lowest BCUT2D eigenvalue weighted by atomic mass is 9.91. The van der Waals surface area contributed by atoms with E-state index in [0.717, 1.165) is 23.4 Å². The van der Waals surface area contributed by atoms with E-state index in [1.54, 1.807) is 0 Å². The first-order chi connectivity index (χ1) is 6.65. The first-order valence-electron chi connectivity index (χ1n) is 4.52. The van der Waals surface area contributed by atoms with Crippen molar-refractivity contribution in [3.63, 3.8) is 0 Å². The summed E-state index contributed by atoms with van der Waals surface area (Å²) in [5.74, 6) is 0. The highest BCUT2D eigenvalue weighted by Gasteiger charge is 2.43. The van der Waals surface area contributed by atoms with Crippen molar-refractivity contribution in [2.24, 2.45) is 0 Å². The van der Waals surface area contributed by atoms with E-state index in [1.165, 1.54) is 0 Å². The van der Waals surface area contributed by atoms with E-state index in [2.05, 4.69) is 46.0 Å². The fourth-order valence-electron chi connectivity index (χ4n) is 1.59. The number of aromatic nitrogens is 1. The molecule has 4 heteroatoms. The molecule has 0 amide bonds. The summed E-state index contributed by atoms with van der Waals surface area (Å²) in [5.41, 5.74) is 1.05. The molecule has 2 rings (SSSR count). The quantitative estimate of drug-likeness (QED) is 0.805. The molecule has 1 fully saturated rings. The van der Waals surface area contributed by atoms with E-state index < -0.39 is 0 Å². The molecule has 0 atom stereocenters. The van der Waals surface area contributed by atoms with Crippen molar-refractivity contribution in [3.8, 4) is 0 Å². The van der Waals surface area contributed by atoms with Gasteiger partial charge in [-0.25, -0.2) is 0 Å². The molecule has 0 saturated carbocycles. The van der Waals surface area contributed by atoms with Crippen LogP contribution in [0.25, 0.3) is 0 Å². The first kappa shape index (κ1) is 10.1. The zero-order valence-corrected chi connectivity index (χ0v) is 9.91. The zero-order valence-electron chi connectivity index (χ0n) is 8.33. The van der Waals surface area contributed by atoms with Crippen molar-refractivity contribution in [1.29, 1.82) is 0 Å². The molecule has 76 valence electrons. The van der Waals surface area contributed by atoms with Gasteiger partial charge in [0, 0.05) is 10.7 Å². The Balaban J connectivity index is 2.37. The average Bonchev–Trinajstić information content (AvgIpc) is 2.00. The van der Waals surface area contributed by atoms with Gasteiger partial charge < -0.3 is 4.74 Å². The van der Waals surface area contributed by atoms with Gasteiger partial charge in [-0.15, -0.1) is 0 Å². The van der Waals surface area contributed by atoms with Gasteiger partial charge >= 0.3 is 0 Å². The molecule has 1 aromatic heterocycles. The molecule has 1 saturated heterocycles. The van der Waals surface area contributed by atoms with Crippen molar-refractivity contribution >= 4 is 15.9 Å². The predicted molar refractivity (Wildman–Crippen MR) is 58.1 cm³/mol. The van der Waals surface area contributed by atoms with Crippen molar-refractivity contribution < 1.29 is 4.74 Å². The lowest BCUT2D eigenvalue weighted by molar-refractivity contribution is -0.132. The molecule has 0 N–H and O–H groups in total. The van der Waals surface area contributed by atoms with E-state index in [0.29, 0.717) is 0 Å². The Morgan fingerprint density at radius 1 is 1.50 bits per heavy atom. The summed E-state index contributed by atoms with van der Waals surface area (Å²) >= 11 is 3.46. The van der Waals surface area contributed by atoms with Crippen LogP contribution in [0.15, 0.2) is 22.8 Å². The van der Waals surface area contributed by atoms with Gasteiger partial charge in [0.05, 0.1) is 18.9 Å². The summed E-state index contributed by atoms with van der Waals surface area (Å²) in [7, 11) is 4.12. The lowest BCUT2D eigenvalue weighted by Gasteiger charge is -2.46. The summed E-state index contributed by atoms with van der Waals surface area (Å²) in [6.45, 7) is 1.45. The molecule has 1 aliphatic heterocycles. The van der Waals surface area contributed by atoms with Gasteiger partial charge in [0.1, 0.15) is 5.54 Å². The Morgan fingerprint density at radius 3 is 2.64 bits per heavy atom. The number of nitrogens with zero attached hydrogens (tertiary/aromatic N) is 2. The number of hydrogen-bond donors (Lipinski definition) is 0. The Bertz CT molecular complexity index is 337. The fraction of sp³-hybridized carbons (Fsp3) is 0.500. The molecule has 14 heavy (non-hydrogen) atoms. The Kier molecular flexibility index (Phi) is 2.60. The number of hydrogen-bond acceptors (Lipinski definition) is 3. The molecule has 0 aliphatic carbocycles. The highest BCUT2D eigenvalue weighted by molar-refractivity contribution is 9.10. The summed E-state index contributed by atoms with van der Waals surface area (Å²) in [6, 6.07) is 3.99. The van der Waals surface area contributed by atoms with Crippen LogP contribution in [0.2, 0.25) is 0 Å². The molecule has 3 nitrogen and oxygen atoms in total. The van der Waals surface area contributed by atoms with Crippen molar-refractivity contribution in [1.82, 2.24) is 9.88 Å². The van der Waals surface area contributed by atoms with Crippen LogP contribution in [0.5, 0.6) is 0 Å². The second-order valence-electron chi connectivity index (χ2n) is 3.78. The topological polar surface area (TPSA) is 25.4 Å². The number of pyridine rings is 1. The second-order valence-corrected chi connectivity index (χ2v) is 4.69. The van der Waals surface area contributed by atoms with E-state index in [9.17, 15) is 0 Å². The molecule has 0 bridgehead atoms. The van der Waals surface area contributed by atoms with Crippen molar-refractivity contribution in [3.05, 3.63) is 28.5 Å². The third kappa shape index (κ3) is 1.47. The van der Waals surface area contributed by atoms with Gasteiger partial charge in [-0.05, 0) is 26.2 Å². The van der Waals surface area contributed by atoms with Crippen LogP contribution in [-0.4, -0.2) is 37.2 Å². The maximum absolute atomic E-state index is 5.30. The fourth-order valence-corrected chi connectivity index (χ4v) is 1.92. The van der Waals surface area contributed by atoms with Crippen molar-refractivity contribution in [2.75, 3.05) is 27.3 Å². The minimum absolute atomic E-state index is 0.0240. The van der Waals surface area contributed by atoms with Crippen LogP contribution >= 0.6 is 15.9 Å². The Morgan fingerprint density at radius 2 is 2.21 bits per heavy atom. The summed E-state index contributed by atoms with van der Waals surface area (Å²) in [6.07, 6.45) is 1.82. The Hall–Kier alpha value is -0.450. The van der Waals surface area contributed by atoms with Gasteiger partial charge in [-0.1, -0.05) is 15.9 Å². The molecule has 0 aromatic carbocycles. The number of halogens is 1. The van der Waals surface area contributed by atoms with Crippen LogP contribution < -0.4 is 0 Å². The summed E-state index contributed by atoms with van der Waals surface area (Å²) < 4.78 is 6.36. The maximum Gasteiger partial charge on any atom is 0.110 e. The zero-order chi connectivity index (χ0) is 10.2. The predicted octanol–water partition coefficient (Wildman–Crippen LogP) is 1.63. The van der Waals surface area contributed by atoms with Crippen LogP contribution in [0, 0.1) is 0 Å². The molecule has 1 aromatic rings. The van der Waals surface area contributed by atoms with Crippen LogP contribution in [0.4, 0.5) is 0 Å². The minimum Gasteiger partial charge on any atom is -0.377 e. The number of rotatable bonds is 2. The highest BCUT2D eigenvalue weighted by atomic mass is 79.9.